The van der Waals surface area contributed by atoms with Gasteiger partial charge in [0.1, 0.15) is 5.75 Å². The van der Waals surface area contributed by atoms with E-state index in [9.17, 15) is 0 Å². The highest BCUT2D eigenvalue weighted by molar-refractivity contribution is 7.09. The summed E-state index contributed by atoms with van der Waals surface area (Å²) in [6, 6.07) is 10.2. The molecule has 0 saturated carbocycles. The molecule has 0 fully saturated rings. The molecule has 2 N–H and O–H groups in total. The SMILES string of the molecule is CCC(N)Cc1cccc(Cl)c1OCCc1cccs1. The number of thiophene rings is 1. The number of hydrogen-bond donors (Lipinski definition) is 1. The van der Waals surface area contributed by atoms with E-state index in [0.717, 1.165) is 30.6 Å². The Bertz CT molecular complexity index is 527. The largest absolute Gasteiger partial charge is 0.491 e. The quantitative estimate of drug-likeness (QED) is 0.827. The Morgan fingerprint density at radius 1 is 1.30 bits per heavy atom. The molecule has 4 heteroatoms. The Hall–Kier alpha value is -1.03. The number of ether oxygens (including phenoxy) is 1. The third kappa shape index (κ3) is 4.23. The van der Waals surface area contributed by atoms with Gasteiger partial charge in [-0.15, -0.1) is 11.3 Å². The lowest BCUT2D eigenvalue weighted by Gasteiger charge is -2.15. The topological polar surface area (TPSA) is 35.2 Å². The van der Waals surface area contributed by atoms with Crippen LogP contribution in [0.1, 0.15) is 23.8 Å². The van der Waals surface area contributed by atoms with Crippen molar-refractivity contribution < 1.29 is 4.74 Å². The predicted octanol–water partition coefficient (Wildman–Crippen LogP) is 4.30. The van der Waals surface area contributed by atoms with Gasteiger partial charge in [0.25, 0.3) is 0 Å². The molecule has 0 radical (unpaired) electrons. The molecule has 2 aromatic rings. The third-order valence-electron chi connectivity index (χ3n) is 3.23. The van der Waals surface area contributed by atoms with Crippen LogP contribution in [0.5, 0.6) is 5.75 Å². The van der Waals surface area contributed by atoms with Crippen LogP contribution >= 0.6 is 22.9 Å². The second-order valence-corrected chi connectivity index (χ2v) is 6.22. The maximum absolute atomic E-state index is 6.25. The fourth-order valence-electron chi connectivity index (χ4n) is 2.01. The van der Waals surface area contributed by atoms with Crippen LogP contribution in [0.3, 0.4) is 0 Å². The van der Waals surface area contributed by atoms with Gasteiger partial charge in [-0.1, -0.05) is 36.7 Å². The van der Waals surface area contributed by atoms with Gasteiger partial charge in [-0.2, -0.15) is 0 Å². The van der Waals surface area contributed by atoms with Crippen LogP contribution in [0, 0.1) is 0 Å². The van der Waals surface area contributed by atoms with E-state index in [2.05, 4.69) is 24.4 Å². The number of benzene rings is 1. The Labute approximate surface area is 129 Å². The molecule has 1 aromatic heterocycles. The summed E-state index contributed by atoms with van der Waals surface area (Å²) in [6.07, 6.45) is 2.65. The first kappa shape index (κ1) is 15.4. The molecular weight excluding hydrogens is 290 g/mol. The average Bonchev–Trinajstić information content (AvgIpc) is 2.95. The fourth-order valence-corrected chi connectivity index (χ4v) is 2.95. The highest BCUT2D eigenvalue weighted by Gasteiger charge is 2.11. The molecule has 2 nitrogen and oxygen atoms in total. The van der Waals surface area contributed by atoms with Crippen molar-refractivity contribution in [1.29, 1.82) is 0 Å². The average molecular weight is 310 g/mol. The zero-order valence-corrected chi connectivity index (χ0v) is 13.2. The molecule has 0 spiro atoms. The first-order valence-electron chi connectivity index (χ1n) is 6.89. The summed E-state index contributed by atoms with van der Waals surface area (Å²) in [5, 5.41) is 2.74. The van der Waals surface area contributed by atoms with E-state index >= 15 is 0 Å². The van der Waals surface area contributed by atoms with E-state index in [4.69, 9.17) is 22.1 Å². The number of halogens is 1. The van der Waals surface area contributed by atoms with E-state index in [0.29, 0.717) is 11.6 Å². The lowest BCUT2D eigenvalue weighted by Crippen LogP contribution is -2.21. The van der Waals surface area contributed by atoms with Crippen molar-refractivity contribution in [3.63, 3.8) is 0 Å². The van der Waals surface area contributed by atoms with Crippen LogP contribution in [0.2, 0.25) is 5.02 Å². The van der Waals surface area contributed by atoms with Gasteiger partial charge in [-0.3, -0.25) is 0 Å². The summed E-state index contributed by atoms with van der Waals surface area (Å²) in [5.41, 5.74) is 7.13. The lowest BCUT2D eigenvalue weighted by molar-refractivity contribution is 0.319. The summed E-state index contributed by atoms with van der Waals surface area (Å²) in [7, 11) is 0. The molecule has 0 aliphatic carbocycles. The minimum Gasteiger partial charge on any atom is -0.491 e. The Kier molecular flexibility index (Phi) is 5.89. The maximum Gasteiger partial charge on any atom is 0.141 e. The number of nitrogens with two attached hydrogens (primary N) is 1. The van der Waals surface area contributed by atoms with Crippen molar-refractivity contribution >= 4 is 22.9 Å². The molecule has 2 rings (SSSR count). The predicted molar refractivity (Wildman–Crippen MR) is 86.9 cm³/mol. The smallest absolute Gasteiger partial charge is 0.141 e. The number of rotatable bonds is 7. The molecule has 0 aliphatic heterocycles. The molecule has 0 amide bonds. The highest BCUT2D eigenvalue weighted by atomic mass is 35.5. The molecule has 0 aliphatic rings. The monoisotopic (exact) mass is 309 g/mol. The van der Waals surface area contributed by atoms with Gasteiger partial charge in [0, 0.05) is 17.3 Å². The summed E-state index contributed by atoms with van der Waals surface area (Å²) in [5.74, 6) is 0.787. The Morgan fingerprint density at radius 3 is 2.85 bits per heavy atom. The minimum atomic E-state index is 0.146. The van der Waals surface area contributed by atoms with Gasteiger partial charge in [0.05, 0.1) is 11.6 Å². The Balaban J connectivity index is 2.01. The second-order valence-electron chi connectivity index (χ2n) is 4.78. The molecule has 1 unspecified atom stereocenters. The van der Waals surface area contributed by atoms with E-state index in [1.54, 1.807) is 11.3 Å². The molecule has 1 heterocycles. The molecular formula is C16H20ClNOS. The van der Waals surface area contributed by atoms with Gasteiger partial charge in [0.15, 0.2) is 0 Å². The molecule has 108 valence electrons. The molecule has 1 atom stereocenters. The van der Waals surface area contributed by atoms with Gasteiger partial charge in [0.2, 0.25) is 0 Å². The summed E-state index contributed by atoms with van der Waals surface area (Å²) >= 11 is 8.00. The van der Waals surface area contributed by atoms with Crippen LogP contribution < -0.4 is 10.5 Å². The van der Waals surface area contributed by atoms with Gasteiger partial charge in [-0.25, -0.2) is 0 Å². The maximum atomic E-state index is 6.25. The standard InChI is InChI=1S/C16H20ClNOS/c1-2-13(18)11-12-5-3-7-15(17)16(12)19-9-8-14-6-4-10-20-14/h3-7,10,13H,2,8-9,11,18H2,1H3. The van der Waals surface area contributed by atoms with Gasteiger partial charge >= 0.3 is 0 Å². The Morgan fingerprint density at radius 2 is 2.15 bits per heavy atom. The van der Waals surface area contributed by atoms with Crippen molar-refractivity contribution in [2.75, 3.05) is 6.61 Å². The van der Waals surface area contributed by atoms with E-state index in [-0.39, 0.29) is 6.04 Å². The van der Waals surface area contributed by atoms with Crippen molar-refractivity contribution in [2.24, 2.45) is 5.73 Å². The third-order valence-corrected chi connectivity index (χ3v) is 4.46. The minimum absolute atomic E-state index is 0.146. The van der Waals surface area contributed by atoms with Gasteiger partial charge < -0.3 is 10.5 Å². The number of hydrogen-bond acceptors (Lipinski definition) is 3. The highest BCUT2D eigenvalue weighted by Crippen LogP contribution is 2.30. The van der Waals surface area contributed by atoms with Crippen molar-refractivity contribution in [2.45, 2.75) is 32.2 Å². The zero-order chi connectivity index (χ0) is 14.4. The zero-order valence-electron chi connectivity index (χ0n) is 11.6. The van der Waals surface area contributed by atoms with E-state index in [1.165, 1.54) is 4.88 Å². The summed E-state index contributed by atoms with van der Waals surface area (Å²) in [4.78, 5) is 1.32. The van der Waals surface area contributed by atoms with Crippen LogP contribution in [0.15, 0.2) is 35.7 Å². The van der Waals surface area contributed by atoms with Crippen LogP contribution in [-0.2, 0) is 12.8 Å². The second kappa shape index (κ2) is 7.67. The molecule has 1 aromatic carbocycles. The number of para-hydroxylation sites is 1. The van der Waals surface area contributed by atoms with Crippen molar-refractivity contribution in [1.82, 2.24) is 0 Å². The van der Waals surface area contributed by atoms with Crippen LogP contribution in [0.25, 0.3) is 0 Å². The first-order chi connectivity index (χ1) is 9.70. The summed E-state index contributed by atoms with van der Waals surface area (Å²) < 4.78 is 5.91. The van der Waals surface area contributed by atoms with Crippen molar-refractivity contribution in [3.8, 4) is 5.75 Å². The summed E-state index contributed by atoms with van der Waals surface area (Å²) in [6.45, 7) is 2.73. The van der Waals surface area contributed by atoms with E-state index in [1.807, 2.05) is 18.2 Å². The van der Waals surface area contributed by atoms with Gasteiger partial charge in [-0.05, 0) is 35.9 Å². The van der Waals surface area contributed by atoms with E-state index < -0.39 is 0 Å². The van der Waals surface area contributed by atoms with Crippen LogP contribution in [0.4, 0.5) is 0 Å². The molecule has 0 saturated heterocycles. The lowest BCUT2D eigenvalue weighted by atomic mass is 10.0. The van der Waals surface area contributed by atoms with Crippen molar-refractivity contribution in [3.05, 3.63) is 51.2 Å². The normalized spacial score (nSPS) is 12.3. The van der Waals surface area contributed by atoms with Crippen LogP contribution in [-0.4, -0.2) is 12.6 Å². The molecule has 20 heavy (non-hydrogen) atoms. The first-order valence-corrected chi connectivity index (χ1v) is 8.14. The molecule has 0 bridgehead atoms. The fraction of sp³-hybridized carbons (Fsp3) is 0.375.